The van der Waals surface area contributed by atoms with Gasteiger partial charge in [0.25, 0.3) is 0 Å². The molecule has 7 nitrogen and oxygen atoms in total. The number of benzene rings is 1. The van der Waals surface area contributed by atoms with E-state index >= 15 is 0 Å². The molecule has 0 aliphatic rings. The number of alkyl carbamates (subject to hydrolysis) is 2. The summed E-state index contributed by atoms with van der Waals surface area (Å²) < 4.78 is 9.94. The molecule has 0 aliphatic heterocycles. The molecule has 3 N–H and O–H groups in total. The highest BCUT2D eigenvalue weighted by atomic mass is 32.1. The molecule has 0 spiro atoms. The van der Waals surface area contributed by atoms with Gasteiger partial charge in [-0.2, -0.15) is 0 Å². The fourth-order valence-corrected chi connectivity index (χ4v) is 1.88. The first kappa shape index (κ1) is 19.7. The van der Waals surface area contributed by atoms with Gasteiger partial charge in [0.2, 0.25) is 0 Å². The average molecular weight is 353 g/mol. The van der Waals surface area contributed by atoms with Gasteiger partial charge in [-0.05, 0) is 51.5 Å². The van der Waals surface area contributed by atoms with E-state index < -0.39 is 17.8 Å². The third-order valence-electron chi connectivity index (χ3n) is 2.58. The van der Waals surface area contributed by atoms with Crippen molar-refractivity contribution >= 4 is 35.2 Å². The predicted molar refractivity (Wildman–Crippen MR) is 95.9 cm³/mol. The van der Waals surface area contributed by atoms with Gasteiger partial charge in [-0.3, -0.25) is 5.32 Å². The molecular weight excluding hydrogens is 330 g/mol. The van der Waals surface area contributed by atoms with Gasteiger partial charge >= 0.3 is 12.2 Å². The Labute approximate surface area is 147 Å². The van der Waals surface area contributed by atoms with E-state index in [-0.39, 0.29) is 18.3 Å². The summed E-state index contributed by atoms with van der Waals surface area (Å²) in [6, 6.07) is 7.25. The fraction of sp³-hybridized carbons (Fsp3) is 0.438. The molecule has 0 unspecified atom stereocenters. The smallest absolute Gasteiger partial charge is 0.413 e. The molecule has 1 rings (SSSR count). The largest absolute Gasteiger partial charge is 0.450 e. The van der Waals surface area contributed by atoms with Crippen LogP contribution >= 0.6 is 12.2 Å². The zero-order chi connectivity index (χ0) is 18.2. The second-order valence-electron chi connectivity index (χ2n) is 5.81. The van der Waals surface area contributed by atoms with Crippen LogP contribution in [0.25, 0.3) is 0 Å². The molecule has 0 saturated heterocycles. The van der Waals surface area contributed by atoms with Crippen LogP contribution in [0.5, 0.6) is 0 Å². The van der Waals surface area contributed by atoms with E-state index in [1.165, 1.54) is 0 Å². The van der Waals surface area contributed by atoms with Crippen LogP contribution in [-0.4, -0.2) is 29.5 Å². The molecule has 0 heterocycles. The lowest BCUT2D eigenvalue weighted by Crippen LogP contribution is -2.35. The Morgan fingerprint density at radius 2 is 1.83 bits per heavy atom. The Morgan fingerprint density at radius 1 is 1.17 bits per heavy atom. The van der Waals surface area contributed by atoms with Crippen LogP contribution in [-0.2, 0) is 16.0 Å². The average Bonchev–Trinajstić information content (AvgIpc) is 2.44. The van der Waals surface area contributed by atoms with Crippen molar-refractivity contribution < 1.29 is 19.1 Å². The molecule has 8 heteroatoms. The topological polar surface area (TPSA) is 88.7 Å². The lowest BCUT2D eigenvalue weighted by atomic mass is 10.2. The monoisotopic (exact) mass is 353 g/mol. The second-order valence-corrected chi connectivity index (χ2v) is 6.22. The van der Waals surface area contributed by atoms with E-state index in [9.17, 15) is 9.59 Å². The molecular formula is C16H23N3O4S. The SMILES string of the molecule is CCOC(=O)NC(=S)Nc1ccccc1CNC(=O)OC(C)(C)C. The minimum Gasteiger partial charge on any atom is -0.450 e. The highest BCUT2D eigenvalue weighted by Gasteiger charge is 2.16. The first-order chi connectivity index (χ1) is 11.2. The van der Waals surface area contributed by atoms with Crippen LogP contribution in [0.2, 0.25) is 0 Å². The number of carbonyl (C=O) groups excluding carboxylic acids is 2. The van der Waals surface area contributed by atoms with Gasteiger partial charge in [0.15, 0.2) is 5.11 Å². The number of rotatable bonds is 4. The fourth-order valence-electron chi connectivity index (χ4n) is 1.69. The normalized spacial score (nSPS) is 10.5. The summed E-state index contributed by atoms with van der Waals surface area (Å²) in [5.41, 5.74) is 0.888. The number of hydrogen-bond donors (Lipinski definition) is 3. The van der Waals surface area contributed by atoms with Crippen molar-refractivity contribution in [3.63, 3.8) is 0 Å². The molecule has 132 valence electrons. The Morgan fingerprint density at radius 3 is 2.46 bits per heavy atom. The van der Waals surface area contributed by atoms with E-state index in [0.717, 1.165) is 5.56 Å². The molecule has 1 aromatic carbocycles. The summed E-state index contributed by atoms with van der Waals surface area (Å²) >= 11 is 5.06. The summed E-state index contributed by atoms with van der Waals surface area (Å²) in [5.74, 6) is 0. The van der Waals surface area contributed by atoms with Gasteiger partial charge in [0.05, 0.1) is 6.61 Å². The predicted octanol–water partition coefficient (Wildman–Crippen LogP) is 3.15. The zero-order valence-electron chi connectivity index (χ0n) is 14.3. The van der Waals surface area contributed by atoms with E-state index in [2.05, 4.69) is 16.0 Å². The summed E-state index contributed by atoms with van der Waals surface area (Å²) in [6.07, 6.45) is -1.14. The first-order valence-corrected chi connectivity index (χ1v) is 7.91. The van der Waals surface area contributed by atoms with Crippen molar-refractivity contribution in [3.05, 3.63) is 29.8 Å². The molecule has 0 aliphatic carbocycles. The van der Waals surface area contributed by atoms with Crippen LogP contribution in [0.3, 0.4) is 0 Å². The van der Waals surface area contributed by atoms with Crippen LogP contribution in [0.4, 0.5) is 15.3 Å². The number of nitrogens with one attached hydrogen (secondary N) is 3. The Kier molecular flexibility index (Phi) is 7.44. The molecule has 0 bridgehead atoms. The van der Waals surface area contributed by atoms with Crippen LogP contribution in [0.1, 0.15) is 33.3 Å². The highest BCUT2D eigenvalue weighted by Crippen LogP contribution is 2.15. The lowest BCUT2D eigenvalue weighted by Gasteiger charge is -2.20. The number of ether oxygens (including phenoxy) is 2. The number of hydrogen-bond acceptors (Lipinski definition) is 5. The minimum absolute atomic E-state index is 0.109. The third-order valence-corrected chi connectivity index (χ3v) is 2.78. The number of thiocarbonyl (C=S) groups is 1. The maximum atomic E-state index is 11.7. The quantitative estimate of drug-likeness (QED) is 0.721. The van der Waals surface area contributed by atoms with Crippen molar-refractivity contribution in [2.45, 2.75) is 39.8 Å². The van der Waals surface area contributed by atoms with Crippen LogP contribution < -0.4 is 16.0 Å². The number of amides is 2. The maximum Gasteiger partial charge on any atom is 0.413 e. The third kappa shape index (κ3) is 7.77. The number of anilines is 1. The van der Waals surface area contributed by atoms with Crippen molar-refractivity contribution in [1.29, 1.82) is 0 Å². The molecule has 2 amide bonds. The van der Waals surface area contributed by atoms with Gasteiger partial charge in [-0.25, -0.2) is 9.59 Å². The second kappa shape index (κ2) is 9.07. The van der Waals surface area contributed by atoms with Gasteiger partial charge in [0.1, 0.15) is 5.60 Å². The Bertz CT molecular complexity index is 599. The zero-order valence-corrected chi connectivity index (χ0v) is 15.1. The standard InChI is InChI=1S/C16H23N3O4S/c1-5-22-15(21)19-13(24)18-12-9-7-6-8-11(12)10-17-14(20)23-16(2,3)4/h6-9H,5,10H2,1-4H3,(H,17,20)(H2,18,19,21,24). The Balaban J connectivity index is 2.63. The summed E-state index contributed by atoms with van der Waals surface area (Å²) in [6.45, 7) is 7.59. The molecule has 0 aromatic heterocycles. The molecule has 1 aromatic rings. The maximum absolute atomic E-state index is 11.7. The van der Waals surface area contributed by atoms with Crippen LogP contribution in [0.15, 0.2) is 24.3 Å². The van der Waals surface area contributed by atoms with Crippen molar-refractivity contribution in [2.24, 2.45) is 0 Å². The van der Waals surface area contributed by atoms with Gasteiger partial charge in [0, 0.05) is 12.2 Å². The van der Waals surface area contributed by atoms with Crippen molar-refractivity contribution in [1.82, 2.24) is 10.6 Å². The molecule has 0 saturated carbocycles. The van der Waals surface area contributed by atoms with Gasteiger partial charge < -0.3 is 20.1 Å². The first-order valence-electron chi connectivity index (χ1n) is 7.50. The summed E-state index contributed by atoms with van der Waals surface area (Å²) in [7, 11) is 0. The van der Waals surface area contributed by atoms with E-state index in [0.29, 0.717) is 5.69 Å². The molecule has 0 radical (unpaired) electrons. The summed E-state index contributed by atoms with van der Waals surface area (Å²) in [5, 5.41) is 8.08. The summed E-state index contributed by atoms with van der Waals surface area (Å²) in [4.78, 5) is 23.1. The van der Waals surface area contributed by atoms with E-state index in [1.54, 1.807) is 33.8 Å². The minimum atomic E-state index is -0.626. The van der Waals surface area contributed by atoms with Crippen molar-refractivity contribution in [2.75, 3.05) is 11.9 Å². The molecule has 0 atom stereocenters. The molecule has 24 heavy (non-hydrogen) atoms. The molecule has 0 fully saturated rings. The Hall–Kier alpha value is -2.35. The van der Waals surface area contributed by atoms with Gasteiger partial charge in [-0.15, -0.1) is 0 Å². The van der Waals surface area contributed by atoms with Crippen molar-refractivity contribution in [3.8, 4) is 0 Å². The number of para-hydroxylation sites is 1. The lowest BCUT2D eigenvalue weighted by molar-refractivity contribution is 0.0523. The van der Waals surface area contributed by atoms with E-state index in [4.69, 9.17) is 21.7 Å². The highest BCUT2D eigenvalue weighted by molar-refractivity contribution is 7.80. The number of carbonyl (C=O) groups is 2. The van der Waals surface area contributed by atoms with E-state index in [1.807, 2.05) is 18.2 Å². The van der Waals surface area contributed by atoms with Crippen LogP contribution in [0, 0.1) is 0 Å². The van der Waals surface area contributed by atoms with Gasteiger partial charge in [-0.1, -0.05) is 18.2 Å².